The third-order valence-corrected chi connectivity index (χ3v) is 4.88. The van der Waals surface area contributed by atoms with Crippen LogP contribution in [-0.4, -0.2) is 53.5 Å². The van der Waals surface area contributed by atoms with E-state index in [9.17, 15) is 14.4 Å². The Morgan fingerprint density at radius 3 is 2.81 bits per heavy atom. The number of nitrogens with zero attached hydrogens (tertiary/aromatic N) is 2. The van der Waals surface area contributed by atoms with Crippen molar-refractivity contribution < 1.29 is 23.5 Å². The van der Waals surface area contributed by atoms with Crippen LogP contribution in [0.5, 0.6) is 0 Å². The lowest BCUT2D eigenvalue weighted by molar-refractivity contribution is -0.145. The molecule has 3 heterocycles. The summed E-state index contributed by atoms with van der Waals surface area (Å²) in [5.41, 5.74) is 2.22. The number of hydrogen-bond acceptors (Lipinski definition) is 5. The fourth-order valence-corrected chi connectivity index (χ4v) is 3.38. The molecule has 2 aromatic rings. The Balaban J connectivity index is 1.87. The molecule has 144 valence electrons. The van der Waals surface area contributed by atoms with Crippen molar-refractivity contribution in [2.24, 2.45) is 0 Å². The van der Waals surface area contributed by atoms with Gasteiger partial charge in [0.2, 0.25) is 5.91 Å². The lowest BCUT2D eigenvalue weighted by atomic mass is 10.1. The molecule has 8 heteroatoms. The first-order valence-electron chi connectivity index (χ1n) is 8.77. The van der Waals surface area contributed by atoms with Crippen LogP contribution in [0.15, 0.2) is 28.9 Å². The smallest absolute Gasteiger partial charge is 0.308 e. The predicted molar refractivity (Wildman–Crippen MR) is 96.2 cm³/mol. The van der Waals surface area contributed by atoms with Gasteiger partial charge < -0.3 is 23.9 Å². The number of ether oxygens (including phenoxy) is 1. The molecule has 3 rings (SSSR count). The molecule has 1 aliphatic heterocycles. The summed E-state index contributed by atoms with van der Waals surface area (Å²) in [4.78, 5) is 38.5. The Morgan fingerprint density at radius 1 is 1.37 bits per heavy atom. The summed E-state index contributed by atoms with van der Waals surface area (Å²) in [7, 11) is 1.26. The van der Waals surface area contributed by atoms with Gasteiger partial charge in [0.15, 0.2) is 0 Å². The van der Waals surface area contributed by atoms with Gasteiger partial charge in [0.1, 0.15) is 11.8 Å². The third kappa shape index (κ3) is 3.74. The maximum absolute atomic E-state index is 13.2. The average molecular weight is 373 g/mol. The van der Waals surface area contributed by atoms with E-state index in [0.717, 1.165) is 17.1 Å². The summed E-state index contributed by atoms with van der Waals surface area (Å²) in [5.74, 6) is -0.350. The standard InChI is InChI=1S/C19H23N3O5/c1-12-9-15(13(2)22(12)11-14-5-4-8-27-14)19(25)21-7-6-20-18(24)16(21)10-17(23)26-3/h4-5,8-9,16H,6-7,10-11H2,1-3H3,(H,20,24). The van der Waals surface area contributed by atoms with Gasteiger partial charge >= 0.3 is 5.97 Å². The number of nitrogens with one attached hydrogen (secondary N) is 1. The highest BCUT2D eigenvalue weighted by Crippen LogP contribution is 2.21. The lowest BCUT2D eigenvalue weighted by Crippen LogP contribution is -2.57. The Hall–Kier alpha value is -3.03. The molecule has 1 fully saturated rings. The Morgan fingerprint density at radius 2 is 2.15 bits per heavy atom. The van der Waals surface area contributed by atoms with Gasteiger partial charge in [0, 0.05) is 24.5 Å². The monoisotopic (exact) mass is 373 g/mol. The van der Waals surface area contributed by atoms with E-state index in [4.69, 9.17) is 4.42 Å². The molecule has 1 N–H and O–H groups in total. The summed E-state index contributed by atoms with van der Waals surface area (Å²) < 4.78 is 12.1. The molecule has 0 bridgehead atoms. The van der Waals surface area contributed by atoms with Crippen molar-refractivity contribution in [1.82, 2.24) is 14.8 Å². The quantitative estimate of drug-likeness (QED) is 0.796. The van der Waals surface area contributed by atoms with E-state index in [1.54, 1.807) is 6.26 Å². The molecular formula is C19H23N3O5. The minimum absolute atomic E-state index is 0.167. The normalized spacial score (nSPS) is 16.9. The minimum Gasteiger partial charge on any atom is -0.469 e. The third-order valence-electron chi connectivity index (χ3n) is 4.88. The van der Waals surface area contributed by atoms with Crippen LogP contribution < -0.4 is 5.32 Å². The molecular weight excluding hydrogens is 350 g/mol. The topological polar surface area (TPSA) is 93.8 Å². The Labute approximate surface area is 157 Å². The minimum atomic E-state index is -0.869. The van der Waals surface area contributed by atoms with Crippen LogP contribution in [0.25, 0.3) is 0 Å². The van der Waals surface area contributed by atoms with Crippen LogP contribution in [0.2, 0.25) is 0 Å². The maximum atomic E-state index is 13.2. The molecule has 1 saturated heterocycles. The SMILES string of the molecule is COC(=O)CC1C(=O)NCCN1C(=O)c1cc(C)n(Cc2ccco2)c1C. The zero-order valence-corrected chi connectivity index (χ0v) is 15.7. The molecule has 0 radical (unpaired) electrons. The van der Waals surface area contributed by atoms with Crippen LogP contribution in [0, 0.1) is 13.8 Å². The first-order valence-corrected chi connectivity index (χ1v) is 8.77. The first kappa shape index (κ1) is 18.8. The predicted octanol–water partition coefficient (Wildman–Crippen LogP) is 1.25. The number of carbonyl (C=O) groups is 3. The number of aryl methyl sites for hydroxylation is 1. The fourth-order valence-electron chi connectivity index (χ4n) is 3.38. The molecule has 1 aliphatic rings. The second-order valence-corrected chi connectivity index (χ2v) is 6.54. The van der Waals surface area contributed by atoms with Crippen LogP contribution in [0.4, 0.5) is 0 Å². The van der Waals surface area contributed by atoms with Crippen molar-refractivity contribution in [3.8, 4) is 0 Å². The molecule has 0 aromatic carbocycles. The maximum Gasteiger partial charge on any atom is 0.308 e. The van der Waals surface area contributed by atoms with E-state index < -0.39 is 12.0 Å². The van der Waals surface area contributed by atoms with E-state index in [1.807, 2.05) is 36.6 Å². The Bertz CT molecular complexity index is 853. The van der Waals surface area contributed by atoms with Crippen LogP contribution in [0.1, 0.15) is 33.9 Å². The number of carbonyl (C=O) groups excluding carboxylic acids is 3. The number of hydrogen-bond donors (Lipinski definition) is 1. The zero-order chi connectivity index (χ0) is 19.6. The summed E-state index contributed by atoms with van der Waals surface area (Å²) in [5, 5.41) is 2.70. The molecule has 1 unspecified atom stereocenters. The van der Waals surface area contributed by atoms with E-state index in [-0.39, 0.29) is 18.2 Å². The molecule has 0 saturated carbocycles. The summed E-state index contributed by atoms with van der Waals surface area (Å²) in [6.45, 7) is 5.00. The average Bonchev–Trinajstić information content (AvgIpc) is 3.26. The van der Waals surface area contributed by atoms with Gasteiger partial charge in [-0.15, -0.1) is 0 Å². The largest absolute Gasteiger partial charge is 0.469 e. The van der Waals surface area contributed by atoms with Crippen molar-refractivity contribution >= 4 is 17.8 Å². The molecule has 8 nitrogen and oxygen atoms in total. The van der Waals surface area contributed by atoms with E-state index in [1.165, 1.54) is 12.0 Å². The van der Waals surface area contributed by atoms with Gasteiger partial charge in [-0.05, 0) is 32.0 Å². The van der Waals surface area contributed by atoms with Crippen molar-refractivity contribution in [3.05, 3.63) is 47.2 Å². The van der Waals surface area contributed by atoms with Gasteiger partial charge in [-0.3, -0.25) is 14.4 Å². The van der Waals surface area contributed by atoms with Crippen LogP contribution in [-0.2, 0) is 20.9 Å². The van der Waals surface area contributed by atoms with Crippen molar-refractivity contribution in [2.75, 3.05) is 20.2 Å². The summed E-state index contributed by atoms with van der Waals surface area (Å²) >= 11 is 0. The number of rotatable bonds is 5. The van der Waals surface area contributed by atoms with Crippen molar-refractivity contribution in [1.29, 1.82) is 0 Å². The van der Waals surface area contributed by atoms with Crippen LogP contribution >= 0.6 is 0 Å². The van der Waals surface area contributed by atoms with Crippen molar-refractivity contribution in [3.63, 3.8) is 0 Å². The zero-order valence-electron chi connectivity index (χ0n) is 15.7. The number of aromatic nitrogens is 1. The number of methoxy groups -OCH3 is 1. The molecule has 2 amide bonds. The van der Waals surface area contributed by atoms with Gasteiger partial charge in [-0.1, -0.05) is 0 Å². The van der Waals surface area contributed by atoms with Crippen molar-refractivity contribution in [2.45, 2.75) is 32.9 Å². The van der Waals surface area contributed by atoms with E-state index >= 15 is 0 Å². The lowest BCUT2D eigenvalue weighted by Gasteiger charge is -2.34. The highest BCUT2D eigenvalue weighted by Gasteiger charge is 2.36. The number of furan rings is 1. The summed E-state index contributed by atoms with van der Waals surface area (Å²) in [6.07, 6.45) is 1.44. The van der Waals surface area contributed by atoms with Gasteiger partial charge in [0.05, 0.1) is 31.9 Å². The van der Waals surface area contributed by atoms with Gasteiger partial charge in [-0.25, -0.2) is 0 Å². The number of esters is 1. The van der Waals surface area contributed by atoms with Gasteiger partial charge in [0.25, 0.3) is 5.91 Å². The number of piperazine rings is 1. The molecule has 0 aliphatic carbocycles. The first-order chi connectivity index (χ1) is 12.9. The molecule has 2 aromatic heterocycles. The second-order valence-electron chi connectivity index (χ2n) is 6.54. The molecule has 1 atom stereocenters. The highest BCUT2D eigenvalue weighted by molar-refractivity contribution is 6.00. The number of amides is 2. The van der Waals surface area contributed by atoms with E-state index in [2.05, 4.69) is 10.1 Å². The van der Waals surface area contributed by atoms with Crippen LogP contribution in [0.3, 0.4) is 0 Å². The Kier molecular flexibility index (Phi) is 5.34. The van der Waals surface area contributed by atoms with E-state index in [0.29, 0.717) is 25.2 Å². The fraction of sp³-hybridized carbons (Fsp3) is 0.421. The highest BCUT2D eigenvalue weighted by atomic mass is 16.5. The summed E-state index contributed by atoms with van der Waals surface area (Å²) in [6, 6.07) is 4.63. The second kappa shape index (κ2) is 7.69. The molecule has 0 spiro atoms. The van der Waals surface area contributed by atoms with Gasteiger partial charge in [-0.2, -0.15) is 0 Å². The molecule has 27 heavy (non-hydrogen) atoms.